The number of hydrogen-bond donors (Lipinski definition) is 2. The summed E-state index contributed by atoms with van der Waals surface area (Å²) in [6, 6.07) is 3.21. The lowest BCUT2D eigenvalue weighted by atomic mass is 10.0. The molecule has 144 valence electrons. The van der Waals surface area contributed by atoms with Crippen LogP contribution < -0.4 is 5.73 Å². The van der Waals surface area contributed by atoms with E-state index in [0.29, 0.717) is 36.4 Å². The molecular weight excluding hydrogens is 364 g/mol. The van der Waals surface area contributed by atoms with Crippen molar-refractivity contribution in [1.82, 2.24) is 19.5 Å². The van der Waals surface area contributed by atoms with Crippen LogP contribution >= 0.6 is 0 Å². The number of rotatable bonds is 2. The number of anilines is 1. The molecule has 0 radical (unpaired) electrons. The van der Waals surface area contributed by atoms with E-state index in [0.717, 1.165) is 18.9 Å². The molecule has 1 aliphatic rings. The molecule has 0 bridgehead atoms. The van der Waals surface area contributed by atoms with Crippen molar-refractivity contribution in [3.05, 3.63) is 35.7 Å². The van der Waals surface area contributed by atoms with Crippen LogP contribution in [0.1, 0.15) is 38.4 Å². The molecule has 1 fully saturated rings. The van der Waals surface area contributed by atoms with E-state index < -0.39 is 17.2 Å². The van der Waals surface area contributed by atoms with E-state index in [9.17, 15) is 13.9 Å². The third-order valence-electron chi connectivity index (χ3n) is 4.90. The van der Waals surface area contributed by atoms with Crippen LogP contribution in [0.4, 0.5) is 14.6 Å². The average Bonchev–Trinajstić information content (AvgIpc) is 3.23. The summed E-state index contributed by atoms with van der Waals surface area (Å²) in [5.41, 5.74) is 6.08. The molecule has 2 heterocycles. The van der Waals surface area contributed by atoms with Gasteiger partial charge in [-0.25, -0.2) is 23.7 Å². The van der Waals surface area contributed by atoms with Crippen molar-refractivity contribution < 1.29 is 13.9 Å². The topological polar surface area (TPSA) is 89.9 Å². The molecule has 0 spiro atoms. The summed E-state index contributed by atoms with van der Waals surface area (Å²) in [7, 11) is 0. The highest BCUT2D eigenvalue weighted by Gasteiger charge is 2.28. The normalized spacial score (nSPS) is 15.6. The van der Waals surface area contributed by atoms with Gasteiger partial charge >= 0.3 is 0 Å². The molecule has 1 aliphatic carbocycles. The minimum Gasteiger partial charge on any atom is -0.382 e. The van der Waals surface area contributed by atoms with Gasteiger partial charge in [0, 0.05) is 18.2 Å². The lowest BCUT2D eigenvalue weighted by molar-refractivity contribution is 0.110. The number of nitrogens with zero attached hydrogens (tertiary/aromatic N) is 4. The van der Waals surface area contributed by atoms with Crippen LogP contribution in [0, 0.1) is 23.5 Å². The van der Waals surface area contributed by atoms with Crippen LogP contribution in [0.5, 0.6) is 0 Å². The minimum absolute atomic E-state index is 0.123. The van der Waals surface area contributed by atoms with Gasteiger partial charge in [0.1, 0.15) is 23.1 Å². The van der Waals surface area contributed by atoms with Gasteiger partial charge in [0.05, 0.1) is 0 Å². The van der Waals surface area contributed by atoms with Crippen molar-refractivity contribution in [2.24, 2.45) is 0 Å². The molecule has 3 aromatic rings. The van der Waals surface area contributed by atoms with Gasteiger partial charge in [-0.15, -0.1) is 0 Å². The second-order valence-corrected chi connectivity index (χ2v) is 6.93. The number of aromatic nitrogens is 4. The van der Waals surface area contributed by atoms with E-state index in [2.05, 4.69) is 26.8 Å². The van der Waals surface area contributed by atoms with Gasteiger partial charge in [-0.2, -0.15) is 0 Å². The number of benzene rings is 1. The molecule has 0 atom stereocenters. The third kappa shape index (κ3) is 3.29. The fourth-order valence-corrected chi connectivity index (χ4v) is 3.54. The molecule has 1 aromatic carbocycles. The highest BCUT2D eigenvalue weighted by Crippen LogP contribution is 2.29. The van der Waals surface area contributed by atoms with E-state index >= 15 is 0 Å². The van der Waals surface area contributed by atoms with Gasteiger partial charge in [0.15, 0.2) is 17.0 Å². The van der Waals surface area contributed by atoms with Crippen molar-refractivity contribution in [1.29, 1.82) is 0 Å². The molecule has 3 N–H and O–H groups in total. The summed E-state index contributed by atoms with van der Waals surface area (Å²) < 4.78 is 29.0. The summed E-state index contributed by atoms with van der Waals surface area (Å²) in [4.78, 5) is 13.0. The first-order chi connectivity index (χ1) is 13.4. The van der Waals surface area contributed by atoms with Crippen molar-refractivity contribution in [3.63, 3.8) is 0 Å². The third-order valence-corrected chi connectivity index (χ3v) is 4.90. The first-order valence-electron chi connectivity index (χ1n) is 9.14. The zero-order valence-corrected chi connectivity index (χ0v) is 15.3. The maximum Gasteiger partial charge on any atom is 0.209 e. The van der Waals surface area contributed by atoms with Crippen LogP contribution in [0.25, 0.3) is 22.6 Å². The van der Waals surface area contributed by atoms with Crippen LogP contribution in [0.3, 0.4) is 0 Å². The predicted molar refractivity (Wildman–Crippen MR) is 101 cm³/mol. The zero-order chi connectivity index (χ0) is 19.9. The van der Waals surface area contributed by atoms with Gasteiger partial charge in [-0.3, -0.25) is 0 Å². The van der Waals surface area contributed by atoms with E-state index in [1.54, 1.807) is 4.57 Å². The molecule has 28 heavy (non-hydrogen) atoms. The van der Waals surface area contributed by atoms with Crippen LogP contribution in [-0.2, 0) is 6.54 Å². The summed E-state index contributed by atoms with van der Waals surface area (Å²) in [5.74, 6) is 4.92. The van der Waals surface area contributed by atoms with E-state index in [1.165, 1.54) is 12.1 Å². The van der Waals surface area contributed by atoms with Crippen LogP contribution in [0.15, 0.2) is 18.2 Å². The quantitative estimate of drug-likeness (QED) is 0.664. The largest absolute Gasteiger partial charge is 0.382 e. The van der Waals surface area contributed by atoms with Crippen molar-refractivity contribution in [2.75, 3.05) is 5.73 Å². The maximum atomic E-state index is 13.7. The highest BCUT2D eigenvalue weighted by atomic mass is 19.1. The maximum absolute atomic E-state index is 13.7. The first kappa shape index (κ1) is 18.3. The molecule has 4 rings (SSSR count). The van der Waals surface area contributed by atoms with E-state index in [-0.39, 0.29) is 17.2 Å². The summed E-state index contributed by atoms with van der Waals surface area (Å²) in [6.07, 6.45) is 3.12. The second-order valence-electron chi connectivity index (χ2n) is 6.93. The van der Waals surface area contributed by atoms with Gasteiger partial charge in [-0.1, -0.05) is 5.92 Å². The van der Waals surface area contributed by atoms with Gasteiger partial charge in [0.2, 0.25) is 5.82 Å². The Bertz CT molecular complexity index is 1100. The summed E-state index contributed by atoms with van der Waals surface area (Å²) in [5, 5.41) is 10.4. The molecule has 2 aromatic heterocycles. The SMILES string of the molecule is CCn1c(-c2cc(F)cc(F)c2)nc2c(N)nc(C#CC3(O)CCCC3)nc21. The molecule has 0 amide bonds. The number of aryl methyl sites for hydroxylation is 1. The van der Waals surface area contributed by atoms with Crippen LogP contribution in [-0.4, -0.2) is 30.2 Å². The molecule has 0 saturated heterocycles. The van der Waals surface area contributed by atoms with Gasteiger partial charge in [-0.05, 0) is 50.7 Å². The Balaban J connectivity index is 1.85. The number of hydrogen-bond acceptors (Lipinski definition) is 5. The fraction of sp³-hybridized carbons (Fsp3) is 0.350. The molecule has 0 aliphatic heterocycles. The van der Waals surface area contributed by atoms with Crippen molar-refractivity contribution in [2.45, 2.75) is 44.8 Å². The molecule has 6 nitrogen and oxygen atoms in total. The Labute approximate surface area is 160 Å². The molecule has 0 unspecified atom stereocenters. The number of nitrogen functional groups attached to an aromatic ring is 1. The Morgan fingerprint density at radius 1 is 1.14 bits per heavy atom. The Morgan fingerprint density at radius 3 is 2.46 bits per heavy atom. The smallest absolute Gasteiger partial charge is 0.209 e. The van der Waals surface area contributed by atoms with Crippen LogP contribution in [0.2, 0.25) is 0 Å². The van der Waals surface area contributed by atoms with Gasteiger partial charge in [0.25, 0.3) is 0 Å². The predicted octanol–water partition coefficient (Wildman–Crippen LogP) is 3.03. The Kier molecular flexibility index (Phi) is 4.47. The molecule has 8 heteroatoms. The molecule has 1 saturated carbocycles. The molecular formula is C20H19F2N5O. The number of halogens is 2. The standard InChI is InChI=1S/C20H19F2N5O/c1-2-27-18(12-9-13(21)11-14(22)10-12)26-16-17(23)24-15(25-19(16)27)5-8-20(28)6-3-4-7-20/h9-11,28H,2-4,6-7H2,1H3,(H2,23,24,25). The average molecular weight is 383 g/mol. The summed E-state index contributed by atoms with van der Waals surface area (Å²) >= 11 is 0. The highest BCUT2D eigenvalue weighted by molar-refractivity contribution is 5.85. The first-order valence-corrected chi connectivity index (χ1v) is 9.14. The number of imidazole rings is 1. The van der Waals surface area contributed by atoms with E-state index in [1.807, 2.05) is 6.92 Å². The lowest BCUT2D eigenvalue weighted by Crippen LogP contribution is -2.20. The number of nitrogens with two attached hydrogens (primary N) is 1. The minimum atomic E-state index is -1.01. The number of fused-ring (bicyclic) bond motifs is 1. The summed E-state index contributed by atoms with van der Waals surface area (Å²) in [6.45, 7) is 2.32. The van der Waals surface area contributed by atoms with Gasteiger partial charge < -0.3 is 15.4 Å². The van der Waals surface area contributed by atoms with Crippen molar-refractivity contribution in [3.8, 4) is 23.2 Å². The van der Waals surface area contributed by atoms with E-state index in [4.69, 9.17) is 5.73 Å². The number of aliphatic hydroxyl groups is 1. The monoisotopic (exact) mass is 383 g/mol. The Hall–Kier alpha value is -3.05. The fourth-order valence-electron chi connectivity index (χ4n) is 3.54. The zero-order valence-electron chi connectivity index (χ0n) is 15.3. The lowest BCUT2D eigenvalue weighted by Gasteiger charge is -2.12. The Morgan fingerprint density at radius 2 is 1.82 bits per heavy atom. The van der Waals surface area contributed by atoms with Crippen molar-refractivity contribution >= 4 is 17.0 Å². The second kappa shape index (κ2) is 6.84.